The molecule has 0 aliphatic carbocycles. The molecule has 2 atom stereocenters. The van der Waals surface area contributed by atoms with Gasteiger partial charge in [0.05, 0.1) is 25.9 Å². The Morgan fingerprint density at radius 2 is 2.04 bits per heavy atom. The summed E-state index contributed by atoms with van der Waals surface area (Å²) in [6.45, 7) is 1.45. The lowest BCUT2D eigenvalue weighted by atomic mass is 9.88. The van der Waals surface area contributed by atoms with Gasteiger partial charge in [0.2, 0.25) is 5.91 Å². The zero-order valence-corrected chi connectivity index (χ0v) is 14.8. The first-order chi connectivity index (χ1) is 12.2. The van der Waals surface area contributed by atoms with Gasteiger partial charge < -0.3 is 18.8 Å². The van der Waals surface area contributed by atoms with E-state index < -0.39 is 0 Å². The summed E-state index contributed by atoms with van der Waals surface area (Å²) in [5, 5.41) is 0. The van der Waals surface area contributed by atoms with E-state index in [9.17, 15) is 4.79 Å². The van der Waals surface area contributed by atoms with Crippen molar-refractivity contribution in [3.63, 3.8) is 0 Å². The van der Waals surface area contributed by atoms with Crippen LogP contribution in [-0.2, 0) is 22.4 Å². The number of methoxy groups -OCH3 is 2. The van der Waals surface area contributed by atoms with E-state index in [0.717, 1.165) is 25.1 Å². The van der Waals surface area contributed by atoms with E-state index in [1.54, 1.807) is 20.5 Å². The normalized spacial score (nSPS) is 20.5. The van der Waals surface area contributed by atoms with Gasteiger partial charge in [0.25, 0.3) is 0 Å². The molecule has 1 amide bonds. The van der Waals surface area contributed by atoms with Crippen LogP contribution < -0.4 is 4.74 Å². The molecule has 0 bridgehead atoms. The molecule has 3 rings (SSSR count). The van der Waals surface area contributed by atoms with E-state index in [0.29, 0.717) is 18.7 Å². The van der Waals surface area contributed by atoms with Crippen molar-refractivity contribution in [2.75, 3.05) is 27.3 Å². The van der Waals surface area contributed by atoms with E-state index >= 15 is 0 Å². The van der Waals surface area contributed by atoms with Crippen molar-refractivity contribution in [1.82, 2.24) is 4.90 Å². The molecule has 5 nitrogen and oxygen atoms in total. The molecule has 0 radical (unpaired) electrons. The minimum Gasteiger partial charge on any atom is -0.497 e. The lowest BCUT2D eigenvalue weighted by Gasteiger charge is -2.38. The Balaban J connectivity index is 1.64. The molecular formula is C20H25NO4. The van der Waals surface area contributed by atoms with Crippen LogP contribution in [-0.4, -0.2) is 44.2 Å². The van der Waals surface area contributed by atoms with E-state index in [1.165, 1.54) is 5.56 Å². The molecule has 25 heavy (non-hydrogen) atoms. The Morgan fingerprint density at radius 3 is 2.68 bits per heavy atom. The highest BCUT2D eigenvalue weighted by molar-refractivity contribution is 5.78. The summed E-state index contributed by atoms with van der Waals surface area (Å²) < 4.78 is 16.2. The number of benzene rings is 1. The Hall–Kier alpha value is -2.27. The van der Waals surface area contributed by atoms with Gasteiger partial charge in [0.1, 0.15) is 11.5 Å². The minimum absolute atomic E-state index is 0.115. The van der Waals surface area contributed by atoms with Crippen LogP contribution in [0, 0.1) is 5.92 Å². The highest BCUT2D eigenvalue weighted by atomic mass is 16.5. The molecule has 1 saturated heterocycles. The van der Waals surface area contributed by atoms with Gasteiger partial charge in [-0.2, -0.15) is 0 Å². The number of rotatable bonds is 6. The van der Waals surface area contributed by atoms with Gasteiger partial charge in [-0.15, -0.1) is 0 Å². The molecule has 0 N–H and O–H groups in total. The number of ether oxygens (including phenoxy) is 2. The summed E-state index contributed by atoms with van der Waals surface area (Å²) in [5.41, 5.74) is 1.23. The molecule has 0 spiro atoms. The minimum atomic E-state index is 0.115. The third kappa shape index (κ3) is 4.42. The smallest absolute Gasteiger partial charge is 0.230 e. The highest BCUT2D eigenvalue weighted by Gasteiger charge is 2.31. The maximum atomic E-state index is 12.6. The third-order valence-corrected chi connectivity index (χ3v) is 4.88. The molecular weight excluding hydrogens is 318 g/mol. The van der Waals surface area contributed by atoms with Crippen molar-refractivity contribution < 1.29 is 18.7 Å². The zero-order valence-electron chi connectivity index (χ0n) is 14.8. The first kappa shape index (κ1) is 17.5. The Kier molecular flexibility index (Phi) is 5.76. The summed E-state index contributed by atoms with van der Waals surface area (Å²) in [6.07, 6.45) is 3.84. The van der Waals surface area contributed by atoms with Crippen molar-refractivity contribution in [1.29, 1.82) is 0 Å². The van der Waals surface area contributed by atoms with Crippen LogP contribution in [0.3, 0.4) is 0 Å². The van der Waals surface area contributed by atoms with Crippen LogP contribution in [0.15, 0.2) is 47.1 Å². The fourth-order valence-corrected chi connectivity index (χ4v) is 3.48. The largest absolute Gasteiger partial charge is 0.497 e. The number of hydrogen-bond acceptors (Lipinski definition) is 4. The highest BCUT2D eigenvalue weighted by Crippen LogP contribution is 2.25. The van der Waals surface area contributed by atoms with Gasteiger partial charge in [-0.05, 0) is 42.7 Å². The number of carbonyl (C=O) groups excluding carboxylic acids is 1. The van der Waals surface area contributed by atoms with Gasteiger partial charge in [0, 0.05) is 26.1 Å². The lowest BCUT2D eigenvalue weighted by Crippen LogP contribution is -2.47. The summed E-state index contributed by atoms with van der Waals surface area (Å²) in [7, 11) is 3.42. The summed E-state index contributed by atoms with van der Waals surface area (Å²) in [4.78, 5) is 14.5. The quantitative estimate of drug-likeness (QED) is 0.809. The number of piperidine rings is 1. The standard InChI is InChI=1S/C20H25NO4/c1-23-17-7-5-15(6-8-17)12-16-14-21(10-9-19(16)24-2)20(22)13-18-4-3-11-25-18/h3-8,11,16,19H,9-10,12-14H2,1-2H3/t16-,19-/m0/s1. The number of hydrogen-bond donors (Lipinski definition) is 0. The number of nitrogens with zero attached hydrogens (tertiary/aromatic N) is 1. The van der Waals surface area contributed by atoms with Gasteiger partial charge in [-0.25, -0.2) is 0 Å². The molecule has 5 heteroatoms. The number of carbonyl (C=O) groups is 1. The topological polar surface area (TPSA) is 51.9 Å². The Morgan fingerprint density at radius 1 is 1.24 bits per heavy atom. The van der Waals surface area contributed by atoms with Gasteiger partial charge >= 0.3 is 0 Å². The predicted molar refractivity (Wildman–Crippen MR) is 94.6 cm³/mol. The third-order valence-electron chi connectivity index (χ3n) is 4.88. The molecule has 1 aliphatic heterocycles. The molecule has 1 aliphatic rings. The van der Waals surface area contributed by atoms with E-state index in [2.05, 4.69) is 12.1 Å². The van der Waals surface area contributed by atoms with Crippen molar-refractivity contribution in [3.05, 3.63) is 54.0 Å². The maximum Gasteiger partial charge on any atom is 0.230 e. The van der Waals surface area contributed by atoms with Gasteiger partial charge in [-0.1, -0.05) is 12.1 Å². The Labute approximate surface area is 148 Å². The van der Waals surface area contributed by atoms with Crippen LogP contribution in [0.5, 0.6) is 5.75 Å². The predicted octanol–water partition coefficient (Wildman–Crippen LogP) is 2.94. The van der Waals surface area contributed by atoms with Gasteiger partial charge in [-0.3, -0.25) is 4.79 Å². The fraction of sp³-hybridized carbons (Fsp3) is 0.450. The van der Waals surface area contributed by atoms with Gasteiger partial charge in [0.15, 0.2) is 0 Å². The number of likely N-dealkylation sites (tertiary alicyclic amines) is 1. The molecule has 2 aromatic rings. The maximum absolute atomic E-state index is 12.6. The zero-order chi connectivity index (χ0) is 17.6. The van der Waals surface area contributed by atoms with Crippen LogP contribution in [0.25, 0.3) is 0 Å². The van der Waals surface area contributed by atoms with Crippen molar-refractivity contribution in [3.8, 4) is 5.75 Å². The molecule has 2 heterocycles. The lowest BCUT2D eigenvalue weighted by molar-refractivity contribution is -0.135. The number of amides is 1. The molecule has 1 fully saturated rings. The van der Waals surface area contributed by atoms with E-state index in [1.807, 2.05) is 29.2 Å². The fourth-order valence-electron chi connectivity index (χ4n) is 3.48. The van der Waals surface area contributed by atoms with E-state index in [-0.39, 0.29) is 17.9 Å². The monoisotopic (exact) mass is 343 g/mol. The number of furan rings is 1. The average molecular weight is 343 g/mol. The summed E-state index contributed by atoms with van der Waals surface area (Å²) >= 11 is 0. The van der Waals surface area contributed by atoms with Crippen LogP contribution in [0.1, 0.15) is 17.7 Å². The first-order valence-electron chi connectivity index (χ1n) is 8.65. The van der Waals surface area contributed by atoms with Crippen molar-refractivity contribution >= 4 is 5.91 Å². The average Bonchev–Trinajstić information content (AvgIpc) is 3.15. The molecule has 0 unspecified atom stereocenters. The second-order valence-electron chi connectivity index (χ2n) is 6.47. The summed E-state index contributed by atoms with van der Waals surface area (Å²) in [5.74, 6) is 1.97. The van der Waals surface area contributed by atoms with Crippen molar-refractivity contribution in [2.24, 2.45) is 5.92 Å². The second-order valence-corrected chi connectivity index (χ2v) is 6.47. The molecule has 134 valence electrons. The van der Waals surface area contributed by atoms with E-state index in [4.69, 9.17) is 13.9 Å². The molecule has 0 saturated carbocycles. The van der Waals surface area contributed by atoms with Crippen LogP contribution in [0.2, 0.25) is 0 Å². The SMILES string of the molecule is COc1ccc(C[C@H]2CN(C(=O)Cc3ccco3)CC[C@@H]2OC)cc1. The summed E-state index contributed by atoms with van der Waals surface area (Å²) in [6, 6.07) is 11.8. The second kappa shape index (κ2) is 8.21. The van der Waals surface area contributed by atoms with Crippen LogP contribution in [0.4, 0.5) is 0 Å². The molecule has 1 aromatic heterocycles. The first-order valence-corrected chi connectivity index (χ1v) is 8.65. The van der Waals surface area contributed by atoms with Crippen LogP contribution >= 0.6 is 0 Å². The van der Waals surface area contributed by atoms with Crippen molar-refractivity contribution in [2.45, 2.75) is 25.4 Å². The molecule has 1 aromatic carbocycles. The Bertz CT molecular complexity index is 666.